The predicted octanol–water partition coefficient (Wildman–Crippen LogP) is 2.54. The Morgan fingerprint density at radius 1 is 0.967 bits per heavy atom. The average molecular weight is 414 g/mol. The number of amides is 1. The molecule has 1 heterocycles. The number of rotatable bonds is 9. The Hall–Kier alpha value is -2.93. The lowest BCUT2D eigenvalue weighted by atomic mass is 10.2. The van der Waals surface area contributed by atoms with Gasteiger partial charge in [0.1, 0.15) is 5.75 Å². The van der Waals surface area contributed by atoms with Crippen LogP contribution < -0.4 is 24.4 Å². The van der Waals surface area contributed by atoms with E-state index in [0.29, 0.717) is 31.2 Å². The van der Waals surface area contributed by atoms with Gasteiger partial charge in [0.25, 0.3) is 0 Å². The number of anilines is 1. The lowest BCUT2D eigenvalue weighted by Crippen LogP contribution is -2.49. The van der Waals surface area contributed by atoms with Crippen molar-refractivity contribution in [1.29, 1.82) is 0 Å². The first-order valence-corrected chi connectivity index (χ1v) is 10.3. The fourth-order valence-corrected chi connectivity index (χ4v) is 3.59. The lowest BCUT2D eigenvalue weighted by Gasteiger charge is -2.36. The Labute approximate surface area is 178 Å². The summed E-state index contributed by atoms with van der Waals surface area (Å²) in [6.45, 7) is 6.91. The molecule has 0 spiro atoms. The van der Waals surface area contributed by atoms with Crippen molar-refractivity contribution in [3.8, 4) is 17.2 Å². The smallest absolute Gasteiger partial charge is 0.234 e. The van der Waals surface area contributed by atoms with Gasteiger partial charge in [0.2, 0.25) is 5.91 Å². The number of nitrogens with zero attached hydrogens (tertiary/aromatic N) is 2. The van der Waals surface area contributed by atoms with Crippen LogP contribution in [0.4, 0.5) is 5.69 Å². The minimum Gasteiger partial charge on any atom is -0.493 e. The number of methoxy groups -OCH3 is 2. The molecule has 0 atom stereocenters. The van der Waals surface area contributed by atoms with Crippen LogP contribution in [0.15, 0.2) is 42.5 Å². The molecular formula is C23H31N3O4. The largest absolute Gasteiger partial charge is 0.493 e. The maximum atomic E-state index is 12.4. The number of benzene rings is 2. The number of hydrogen-bond acceptors (Lipinski definition) is 6. The quantitative estimate of drug-likeness (QED) is 0.682. The van der Waals surface area contributed by atoms with Crippen LogP contribution in [0.2, 0.25) is 0 Å². The van der Waals surface area contributed by atoms with Gasteiger partial charge < -0.3 is 24.4 Å². The Balaban J connectivity index is 1.47. The van der Waals surface area contributed by atoms with Crippen molar-refractivity contribution in [3.63, 3.8) is 0 Å². The van der Waals surface area contributed by atoms with Gasteiger partial charge in [-0.1, -0.05) is 18.2 Å². The molecule has 1 saturated heterocycles. The van der Waals surface area contributed by atoms with E-state index >= 15 is 0 Å². The van der Waals surface area contributed by atoms with Gasteiger partial charge in [-0.3, -0.25) is 9.69 Å². The van der Waals surface area contributed by atoms with Gasteiger partial charge in [0.15, 0.2) is 11.5 Å². The summed E-state index contributed by atoms with van der Waals surface area (Å²) in [7, 11) is 3.21. The summed E-state index contributed by atoms with van der Waals surface area (Å²) >= 11 is 0. The van der Waals surface area contributed by atoms with Crippen molar-refractivity contribution in [2.45, 2.75) is 13.5 Å². The van der Waals surface area contributed by atoms with Gasteiger partial charge in [-0.15, -0.1) is 0 Å². The van der Waals surface area contributed by atoms with Crippen LogP contribution >= 0.6 is 0 Å². The first-order valence-electron chi connectivity index (χ1n) is 10.3. The molecule has 1 aliphatic rings. The predicted molar refractivity (Wildman–Crippen MR) is 118 cm³/mol. The molecular weight excluding hydrogens is 382 g/mol. The van der Waals surface area contributed by atoms with E-state index in [4.69, 9.17) is 14.2 Å². The summed E-state index contributed by atoms with van der Waals surface area (Å²) in [4.78, 5) is 16.9. The van der Waals surface area contributed by atoms with Crippen molar-refractivity contribution in [3.05, 3.63) is 48.0 Å². The fraction of sp³-hybridized carbons (Fsp3) is 0.435. The SMILES string of the molecule is CCOc1ccccc1N1CCN(CC(=O)NCc2ccc(OC)c(OC)c2)CC1. The zero-order valence-electron chi connectivity index (χ0n) is 18.0. The zero-order valence-corrected chi connectivity index (χ0v) is 18.0. The molecule has 162 valence electrons. The van der Waals surface area contributed by atoms with Crippen molar-refractivity contribution in [2.24, 2.45) is 0 Å². The van der Waals surface area contributed by atoms with Crippen LogP contribution in [0, 0.1) is 0 Å². The number of ether oxygens (including phenoxy) is 3. The minimum atomic E-state index is 0.0213. The normalized spacial score (nSPS) is 14.3. The molecule has 1 fully saturated rings. The van der Waals surface area contributed by atoms with Crippen molar-refractivity contribution in [2.75, 3.05) is 58.5 Å². The van der Waals surface area contributed by atoms with Crippen LogP contribution in [0.3, 0.4) is 0 Å². The third-order valence-corrected chi connectivity index (χ3v) is 5.18. The topological polar surface area (TPSA) is 63.3 Å². The van der Waals surface area contributed by atoms with Gasteiger partial charge in [-0.2, -0.15) is 0 Å². The van der Waals surface area contributed by atoms with Crippen LogP contribution in [0.5, 0.6) is 17.2 Å². The zero-order chi connectivity index (χ0) is 21.3. The molecule has 7 nitrogen and oxygen atoms in total. The van der Waals surface area contributed by atoms with E-state index in [9.17, 15) is 4.79 Å². The van der Waals surface area contributed by atoms with Gasteiger partial charge >= 0.3 is 0 Å². The standard InChI is InChI=1S/C23H31N3O4/c1-4-30-20-8-6-5-7-19(20)26-13-11-25(12-14-26)17-23(27)24-16-18-9-10-21(28-2)22(15-18)29-3/h5-10,15H,4,11-14,16-17H2,1-3H3,(H,24,27). The molecule has 0 unspecified atom stereocenters. The molecule has 1 amide bonds. The van der Waals surface area contributed by atoms with Gasteiger partial charge in [-0.05, 0) is 36.8 Å². The molecule has 0 bridgehead atoms. The number of para-hydroxylation sites is 2. The summed E-state index contributed by atoms with van der Waals surface area (Å²) in [6, 6.07) is 13.8. The molecule has 0 aliphatic carbocycles. The highest BCUT2D eigenvalue weighted by Gasteiger charge is 2.21. The number of carbonyl (C=O) groups is 1. The molecule has 0 saturated carbocycles. The maximum Gasteiger partial charge on any atom is 0.234 e. The molecule has 2 aromatic carbocycles. The monoisotopic (exact) mass is 413 g/mol. The first-order chi connectivity index (χ1) is 14.6. The van der Waals surface area contributed by atoms with Crippen molar-refractivity contribution < 1.29 is 19.0 Å². The van der Waals surface area contributed by atoms with Crippen LogP contribution in [0.1, 0.15) is 12.5 Å². The molecule has 2 aromatic rings. The van der Waals surface area contributed by atoms with Crippen molar-refractivity contribution in [1.82, 2.24) is 10.2 Å². The summed E-state index contributed by atoms with van der Waals surface area (Å²) in [6.07, 6.45) is 0. The van der Waals surface area contributed by atoms with E-state index in [-0.39, 0.29) is 5.91 Å². The Morgan fingerprint density at radius 3 is 2.40 bits per heavy atom. The number of nitrogens with one attached hydrogen (secondary N) is 1. The highest BCUT2D eigenvalue weighted by Crippen LogP contribution is 2.29. The number of carbonyl (C=O) groups excluding carboxylic acids is 1. The number of hydrogen-bond donors (Lipinski definition) is 1. The summed E-state index contributed by atoms with van der Waals surface area (Å²) in [5.74, 6) is 2.28. The molecule has 0 aromatic heterocycles. The Bertz CT molecular complexity index is 835. The number of piperazine rings is 1. The third kappa shape index (κ3) is 5.57. The van der Waals surface area contributed by atoms with Gasteiger partial charge in [-0.25, -0.2) is 0 Å². The van der Waals surface area contributed by atoms with Crippen LogP contribution in [-0.2, 0) is 11.3 Å². The van der Waals surface area contributed by atoms with E-state index in [0.717, 1.165) is 43.2 Å². The Morgan fingerprint density at radius 2 is 1.70 bits per heavy atom. The molecule has 1 aliphatic heterocycles. The van der Waals surface area contributed by atoms with Gasteiger partial charge in [0.05, 0.1) is 33.1 Å². The second-order valence-corrected chi connectivity index (χ2v) is 7.13. The summed E-state index contributed by atoms with van der Waals surface area (Å²) in [5.41, 5.74) is 2.09. The highest BCUT2D eigenvalue weighted by atomic mass is 16.5. The van der Waals surface area contributed by atoms with E-state index in [1.54, 1.807) is 14.2 Å². The van der Waals surface area contributed by atoms with E-state index < -0.39 is 0 Å². The first kappa shape index (κ1) is 21.8. The van der Waals surface area contributed by atoms with Crippen LogP contribution in [-0.4, -0.2) is 64.4 Å². The molecule has 7 heteroatoms. The van der Waals surface area contributed by atoms with Crippen LogP contribution in [0.25, 0.3) is 0 Å². The lowest BCUT2D eigenvalue weighted by molar-refractivity contribution is -0.122. The molecule has 30 heavy (non-hydrogen) atoms. The molecule has 3 rings (SSSR count). The molecule has 1 N–H and O–H groups in total. The van der Waals surface area contributed by atoms with E-state index in [1.807, 2.05) is 43.3 Å². The fourth-order valence-electron chi connectivity index (χ4n) is 3.59. The van der Waals surface area contributed by atoms with E-state index in [2.05, 4.69) is 21.2 Å². The second-order valence-electron chi connectivity index (χ2n) is 7.13. The minimum absolute atomic E-state index is 0.0213. The highest BCUT2D eigenvalue weighted by molar-refractivity contribution is 5.78. The average Bonchev–Trinajstić information content (AvgIpc) is 2.78. The summed E-state index contributed by atoms with van der Waals surface area (Å²) in [5, 5.41) is 2.99. The Kier molecular flexibility index (Phi) is 7.79. The maximum absolute atomic E-state index is 12.4. The van der Waals surface area contributed by atoms with E-state index in [1.165, 1.54) is 0 Å². The van der Waals surface area contributed by atoms with Crippen molar-refractivity contribution >= 4 is 11.6 Å². The molecule has 0 radical (unpaired) electrons. The third-order valence-electron chi connectivity index (χ3n) is 5.18. The second kappa shape index (κ2) is 10.7. The van der Waals surface area contributed by atoms with Gasteiger partial charge in [0, 0.05) is 32.7 Å². The summed E-state index contributed by atoms with van der Waals surface area (Å²) < 4.78 is 16.3.